The Morgan fingerprint density at radius 2 is 2.20 bits per heavy atom. The Morgan fingerprint density at radius 1 is 1.45 bits per heavy atom. The Kier molecular flexibility index (Phi) is 4.62. The van der Waals surface area contributed by atoms with Crippen LogP contribution in [0.3, 0.4) is 0 Å². The third-order valence-electron chi connectivity index (χ3n) is 3.46. The van der Waals surface area contributed by atoms with Gasteiger partial charge in [0, 0.05) is 38.4 Å². The van der Waals surface area contributed by atoms with Gasteiger partial charge in [-0.3, -0.25) is 9.69 Å². The SMILES string of the molecule is Cn1ccc(CN2CCC[C@@H](NS(C)(=O)=O)C2)cc1=O. The summed E-state index contributed by atoms with van der Waals surface area (Å²) in [6, 6.07) is 3.52. The standard InChI is InChI=1S/C13H21N3O3S/c1-15-7-5-11(8-13(15)17)9-16-6-3-4-12(10-16)14-20(2,18)19/h5,7-8,12,14H,3-4,6,9-10H2,1-2H3/t12-/m1/s1. The Bertz CT molecular complexity index is 624. The van der Waals surface area contributed by atoms with Gasteiger partial charge in [-0.1, -0.05) is 0 Å². The lowest BCUT2D eigenvalue weighted by atomic mass is 10.1. The van der Waals surface area contributed by atoms with Crippen molar-refractivity contribution in [2.45, 2.75) is 25.4 Å². The van der Waals surface area contributed by atoms with Gasteiger partial charge in [0.2, 0.25) is 10.0 Å². The molecule has 6 nitrogen and oxygen atoms in total. The van der Waals surface area contributed by atoms with E-state index in [9.17, 15) is 13.2 Å². The van der Waals surface area contributed by atoms with Crippen LogP contribution in [0.25, 0.3) is 0 Å². The van der Waals surface area contributed by atoms with Gasteiger partial charge in [0.15, 0.2) is 0 Å². The number of aromatic nitrogens is 1. The highest BCUT2D eigenvalue weighted by Gasteiger charge is 2.22. The van der Waals surface area contributed by atoms with Crippen molar-refractivity contribution >= 4 is 10.0 Å². The molecule has 0 aromatic carbocycles. The van der Waals surface area contributed by atoms with Crippen molar-refractivity contribution in [1.29, 1.82) is 0 Å². The Labute approximate surface area is 119 Å². The van der Waals surface area contributed by atoms with Crippen LogP contribution in [0.2, 0.25) is 0 Å². The molecule has 1 saturated heterocycles. The van der Waals surface area contributed by atoms with Crippen LogP contribution in [0, 0.1) is 0 Å². The van der Waals surface area contributed by atoms with Crippen LogP contribution < -0.4 is 10.3 Å². The highest BCUT2D eigenvalue weighted by Crippen LogP contribution is 2.13. The van der Waals surface area contributed by atoms with Crippen LogP contribution in [-0.2, 0) is 23.6 Å². The topological polar surface area (TPSA) is 71.4 Å². The van der Waals surface area contributed by atoms with E-state index in [0.29, 0.717) is 13.1 Å². The second kappa shape index (κ2) is 6.07. The van der Waals surface area contributed by atoms with Gasteiger partial charge in [-0.2, -0.15) is 0 Å². The van der Waals surface area contributed by atoms with Crippen molar-refractivity contribution in [3.8, 4) is 0 Å². The summed E-state index contributed by atoms with van der Waals surface area (Å²) in [5.74, 6) is 0. The van der Waals surface area contributed by atoms with Crippen molar-refractivity contribution in [2.24, 2.45) is 7.05 Å². The molecule has 7 heteroatoms. The normalized spacial score (nSPS) is 21.0. The third kappa shape index (κ3) is 4.43. The molecule has 112 valence electrons. The predicted octanol–water partition coefficient (Wildman–Crippen LogP) is -0.101. The van der Waals surface area contributed by atoms with Gasteiger partial charge >= 0.3 is 0 Å². The van der Waals surface area contributed by atoms with Crippen LogP contribution in [-0.4, -0.2) is 43.3 Å². The summed E-state index contributed by atoms with van der Waals surface area (Å²) in [6.07, 6.45) is 4.76. The lowest BCUT2D eigenvalue weighted by molar-refractivity contribution is 0.194. The molecule has 20 heavy (non-hydrogen) atoms. The number of sulfonamides is 1. The monoisotopic (exact) mass is 299 g/mol. The number of nitrogens with one attached hydrogen (secondary N) is 1. The summed E-state index contributed by atoms with van der Waals surface area (Å²) in [4.78, 5) is 13.8. The largest absolute Gasteiger partial charge is 0.319 e. The van der Waals surface area contributed by atoms with Crippen molar-refractivity contribution in [3.63, 3.8) is 0 Å². The first-order chi connectivity index (χ1) is 9.33. The highest BCUT2D eigenvalue weighted by molar-refractivity contribution is 7.88. The van der Waals surface area contributed by atoms with E-state index in [1.165, 1.54) is 10.8 Å². The van der Waals surface area contributed by atoms with E-state index in [-0.39, 0.29) is 11.6 Å². The molecule has 0 unspecified atom stereocenters. The fraction of sp³-hybridized carbons (Fsp3) is 0.615. The Balaban J connectivity index is 1.99. The molecule has 0 spiro atoms. The number of pyridine rings is 1. The molecular formula is C13H21N3O3S. The lowest BCUT2D eigenvalue weighted by Crippen LogP contribution is -2.47. The maximum Gasteiger partial charge on any atom is 0.250 e. The molecule has 0 radical (unpaired) electrons. The Morgan fingerprint density at radius 3 is 2.85 bits per heavy atom. The van der Waals surface area contributed by atoms with Crippen LogP contribution >= 0.6 is 0 Å². The summed E-state index contributed by atoms with van der Waals surface area (Å²) < 4.78 is 26.7. The van der Waals surface area contributed by atoms with Crippen LogP contribution in [0.4, 0.5) is 0 Å². The molecule has 2 heterocycles. The Hall–Kier alpha value is -1.18. The van der Waals surface area contributed by atoms with E-state index in [4.69, 9.17) is 0 Å². The van der Waals surface area contributed by atoms with Crippen molar-refractivity contribution in [1.82, 2.24) is 14.2 Å². The van der Waals surface area contributed by atoms with E-state index in [1.54, 1.807) is 19.3 Å². The second-order valence-corrected chi connectivity index (χ2v) is 7.23. The first-order valence-electron chi connectivity index (χ1n) is 6.69. The molecule has 1 atom stereocenters. The average molecular weight is 299 g/mol. The predicted molar refractivity (Wildman–Crippen MR) is 78.0 cm³/mol. The van der Waals surface area contributed by atoms with Gasteiger partial charge in [-0.05, 0) is 31.0 Å². The number of hydrogen-bond acceptors (Lipinski definition) is 4. The zero-order valence-electron chi connectivity index (χ0n) is 11.9. The smallest absolute Gasteiger partial charge is 0.250 e. The molecule has 0 saturated carbocycles. The lowest BCUT2D eigenvalue weighted by Gasteiger charge is -2.32. The first kappa shape index (κ1) is 15.2. The van der Waals surface area contributed by atoms with Gasteiger partial charge in [0.1, 0.15) is 0 Å². The van der Waals surface area contributed by atoms with E-state index in [0.717, 1.165) is 24.9 Å². The molecule has 1 aromatic heterocycles. The van der Waals surface area contributed by atoms with Crippen molar-refractivity contribution < 1.29 is 8.42 Å². The highest BCUT2D eigenvalue weighted by atomic mass is 32.2. The van der Waals surface area contributed by atoms with Gasteiger partial charge in [0.05, 0.1) is 6.26 Å². The molecule has 1 fully saturated rings. The zero-order valence-corrected chi connectivity index (χ0v) is 12.7. The molecule has 0 aliphatic carbocycles. The van der Waals surface area contributed by atoms with Gasteiger partial charge in [-0.15, -0.1) is 0 Å². The molecule has 1 aliphatic rings. The number of hydrogen-bond donors (Lipinski definition) is 1. The minimum Gasteiger partial charge on any atom is -0.319 e. The number of aryl methyl sites for hydroxylation is 1. The van der Waals surface area contributed by atoms with Gasteiger partial charge < -0.3 is 4.57 Å². The number of piperidine rings is 1. The number of rotatable bonds is 4. The average Bonchev–Trinajstić information content (AvgIpc) is 2.32. The van der Waals surface area contributed by atoms with Crippen LogP contribution in [0.1, 0.15) is 18.4 Å². The molecule has 1 aromatic rings. The summed E-state index contributed by atoms with van der Waals surface area (Å²) in [7, 11) is -1.44. The van der Waals surface area contributed by atoms with Gasteiger partial charge in [0.25, 0.3) is 5.56 Å². The maximum absolute atomic E-state index is 11.6. The van der Waals surface area contributed by atoms with E-state index >= 15 is 0 Å². The second-order valence-electron chi connectivity index (χ2n) is 5.45. The van der Waals surface area contributed by atoms with E-state index < -0.39 is 10.0 Å². The molecule has 0 bridgehead atoms. The summed E-state index contributed by atoms with van der Waals surface area (Å²) in [5.41, 5.74) is 0.943. The minimum atomic E-state index is -3.16. The zero-order chi connectivity index (χ0) is 14.8. The molecule has 0 amide bonds. The fourth-order valence-electron chi connectivity index (χ4n) is 2.54. The van der Waals surface area contributed by atoms with Gasteiger partial charge in [-0.25, -0.2) is 13.1 Å². The van der Waals surface area contributed by atoms with Crippen molar-refractivity contribution in [3.05, 3.63) is 34.2 Å². The number of nitrogens with zero attached hydrogens (tertiary/aromatic N) is 2. The first-order valence-corrected chi connectivity index (χ1v) is 8.58. The minimum absolute atomic E-state index is 0.0229. The molecule has 2 rings (SSSR count). The maximum atomic E-state index is 11.6. The number of likely N-dealkylation sites (tertiary alicyclic amines) is 1. The van der Waals surface area contributed by atoms with Crippen LogP contribution in [0.5, 0.6) is 0 Å². The van der Waals surface area contributed by atoms with E-state index in [2.05, 4.69) is 9.62 Å². The summed E-state index contributed by atoms with van der Waals surface area (Å²) in [6.45, 7) is 2.29. The fourth-order valence-corrected chi connectivity index (χ4v) is 3.34. The summed E-state index contributed by atoms with van der Waals surface area (Å²) in [5, 5.41) is 0. The molecular weight excluding hydrogens is 278 g/mol. The molecule has 1 aliphatic heterocycles. The van der Waals surface area contributed by atoms with Crippen LogP contribution in [0.15, 0.2) is 23.1 Å². The third-order valence-corrected chi connectivity index (χ3v) is 4.22. The molecule has 1 N–H and O–H groups in total. The quantitative estimate of drug-likeness (QED) is 0.843. The van der Waals surface area contributed by atoms with Crippen molar-refractivity contribution in [2.75, 3.05) is 19.3 Å². The van der Waals surface area contributed by atoms with E-state index in [1.807, 2.05) is 6.07 Å². The summed E-state index contributed by atoms with van der Waals surface area (Å²) >= 11 is 0.